The van der Waals surface area contributed by atoms with Crippen molar-refractivity contribution in [2.24, 2.45) is 0 Å². The Hall–Kier alpha value is -1.17. The summed E-state index contributed by atoms with van der Waals surface area (Å²) < 4.78 is 26.3. The Morgan fingerprint density at radius 2 is 1.89 bits per heavy atom. The first-order valence-electron chi connectivity index (χ1n) is 6.06. The molecule has 0 radical (unpaired) electrons. The minimum atomic E-state index is -3.38. The van der Waals surface area contributed by atoms with E-state index in [0.717, 1.165) is 12.0 Å². The average Bonchev–Trinajstić information content (AvgIpc) is 2.89. The van der Waals surface area contributed by atoms with Crippen molar-refractivity contribution in [2.45, 2.75) is 18.2 Å². The van der Waals surface area contributed by atoms with E-state index in [1.54, 1.807) is 30.5 Å². The van der Waals surface area contributed by atoms with Crippen LogP contribution in [-0.2, 0) is 16.4 Å². The van der Waals surface area contributed by atoms with Gasteiger partial charge in [0, 0.05) is 18.5 Å². The first kappa shape index (κ1) is 14.2. The van der Waals surface area contributed by atoms with E-state index in [1.807, 2.05) is 36.6 Å². The Bertz CT molecular complexity index is 633. The van der Waals surface area contributed by atoms with Gasteiger partial charge in [0.15, 0.2) is 0 Å². The fourth-order valence-electron chi connectivity index (χ4n) is 1.86. The van der Waals surface area contributed by atoms with E-state index in [4.69, 9.17) is 0 Å². The molecule has 1 aromatic heterocycles. The van der Waals surface area contributed by atoms with Crippen LogP contribution in [0.5, 0.6) is 0 Å². The van der Waals surface area contributed by atoms with Gasteiger partial charge in [0.1, 0.15) is 0 Å². The zero-order valence-corrected chi connectivity index (χ0v) is 12.7. The monoisotopic (exact) mass is 295 g/mol. The molecular weight excluding hydrogens is 278 g/mol. The van der Waals surface area contributed by atoms with Gasteiger partial charge >= 0.3 is 0 Å². The van der Waals surface area contributed by atoms with Crippen LogP contribution < -0.4 is 0 Å². The fourth-order valence-corrected chi connectivity index (χ4v) is 3.95. The topological polar surface area (TPSA) is 37.4 Å². The standard InChI is InChI=1S/C14H17NO2S2/c1-12-6-3-4-8-14(12)19(16,17)15(2)10-9-13-7-5-11-18-13/h3-8,11H,9-10H2,1-2H3. The third-order valence-electron chi connectivity index (χ3n) is 3.04. The van der Waals surface area contributed by atoms with Crippen molar-refractivity contribution in [2.75, 3.05) is 13.6 Å². The highest BCUT2D eigenvalue weighted by Gasteiger charge is 2.21. The highest BCUT2D eigenvalue weighted by atomic mass is 32.2. The van der Waals surface area contributed by atoms with Crippen molar-refractivity contribution in [3.8, 4) is 0 Å². The Morgan fingerprint density at radius 1 is 1.16 bits per heavy atom. The Kier molecular flexibility index (Phi) is 4.39. The van der Waals surface area contributed by atoms with E-state index in [-0.39, 0.29) is 0 Å². The lowest BCUT2D eigenvalue weighted by Crippen LogP contribution is -2.29. The summed E-state index contributed by atoms with van der Waals surface area (Å²) in [4.78, 5) is 1.59. The summed E-state index contributed by atoms with van der Waals surface area (Å²) in [5.41, 5.74) is 0.783. The van der Waals surface area contributed by atoms with Crippen molar-refractivity contribution in [1.82, 2.24) is 4.31 Å². The van der Waals surface area contributed by atoms with E-state index in [2.05, 4.69) is 0 Å². The average molecular weight is 295 g/mol. The predicted molar refractivity (Wildman–Crippen MR) is 79.0 cm³/mol. The number of hydrogen-bond donors (Lipinski definition) is 0. The third kappa shape index (κ3) is 3.23. The lowest BCUT2D eigenvalue weighted by molar-refractivity contribution is 0.473. The minimum absolute atomic E-state index is 0.392. The van der Waals surface area contributed by atoms with Gasteiger partial charge in [0.25, 0.3) is 0 Å². The fraction of sp³-hybridized carbons (Fsp3) is 0.286. The maximum Gasteiger partial charge on any atom is 0.243 e. The van der Waals surface area contributed by atoms with Gasteiger partial charge in [-0.1, -0.05) is 24.3 Å². The van der Waals surface area contributed by atoms with Crippen LogP contribution >= 0.6 is 11.3 Å². The van der Waals surface area contributed by atoms with Gasteiger partial charge in [-0.2, -0.15) is 0 Å². The van der Waals surface area contributed by atoms with Crippen molar-refractivity contribution in [3.05, 3.63) is 52.2 Å². The van der Waals surface area contributed by atoms with Gasteiger partial charge < -0.3 is 0 Å². The number of sulfonamides is 1. The van der Waals surface area contributed by atoms with Crippen LogP contribution in [0.2, 0.25) is 0 Å². The Labute approximate surface area is 118 Å². The van der Waals surface area contributed by atoms with E-state index in [1.165, 1.54) is 9.18 Å². The van der Waals surface area contributed by atoms with E-state index < -0.39 is 10.0 Å². The maximum atomic E-state index is 12.4. The number of likely N-dealkylation sites (N-methyl/N-ethyl adjacent to an activating group) is 1. The molecule has 0 atom stereocenters. The molecule has 0 saturated carbocycles. The first-order chi connectivity index (χ1) is 9.01. The van der Waals surface area contributed by atoms with E-state index >= 15 is 0 Å². The lowest BCUT2D eigenvalue weighted by Gasteiger charge is -2.18. The summed E-state index contributed by atoms with van der Waals surface area (Å²) in [6.45, 7) is 2.32. The molecule has 3 nitrogen and oxygen atoms in total. The summed E-state index contributed by atoms with van der Waals surface area (Å²) in [6.07, 6.45) is 0.749. The summed E-state index contributed by atoms with van der Waals surface area (Å²) in [7, 11) is -1.75. The molecule has 0 N–H and O–H groups in total. The third-order valence-corrected chi connectivity index (χ3v) is 5.99. The summed E-state index contributed by atoms with van der Waals surface area (Å²) in [6, 6.07) is 11.1. The zero-order valence-electron chi connectivity index (χ0n) is 11.0. The molecule has 2 rings (SSSR count). The second kappa shape index (κ2) is 5.86. The van der Waals surface area contributed by atoms with Gasteiger partial charge in [-0.15, -0.1) is 11.3 Å². The largest absolute Gasteiger partial charge is 0.243 e. The number of rotatable bonds is 5. The minimum Gasteiger partial charge on any atom is -0.207 e. The van der Waals surface area contributed by atoms with Crippen molar-refractivity contribution in [1.29, 1.82) is 0 Å². The molecule has 0 amide bonds. The molecule has 1 aromatic carbocycles. The predicted octanol–water partition coefficient (Wildman–Crippen LogP) is 2.92. The molecule has 0 unspecified atom stereocenters. The van der Waals surface area contributed by atoms with Crippen LogP contribution in [-0.4, -0.2) is 26.3 Å². The molecule has 5 heteroatoms. The second-order valence-corrected chi connectivity index (χ2v) is 7.47. The molecule has 102 valence electrons. The van der Waals surface area contributed by atoms with Gasteiger partial charge in [-0.05, 0) is 36.4 Å². The molecule has 0 saturated heterocycles. The van der Waals surface area contributed by atoms with Crippen LogP contribution in [0.3, 0.4) is 0 Å². The van der Waals surface area contributed by atoms with Gasteiger partial charge in [-0.3, -0.25) is 0 Å². The first-order valence-corrected chi connectivity index (χ1v) is 8.38. The molecule has 0 aliphatic carbocycles. The van der Waals surface area contributed by atoms with E-state index in [0.29, 0.717) is 11.4 Å². The Balaban J connectivity index is 2.13. The van der Waals surface area contributed by atoms with Crippen molar-refractivity contribution >= 4 is 21.4 Å². The van der Waals surface area contributed by atoms with Gasteiger partial charge in [0.05, 0.1) is 4.90 Å². The van der Waals surface area contributed by atoms with Crippen LogP contribution in [0.15, 0.2) is 46.7 Å². The molecule has 0 fully saturated rings. The number of aryl methyl sites for hydroxylation is 1. The van der Waals surface area contributed by atoms with Crippen molar-refractivity contribution < 1.29 is 8.42 Å². The molecule has 0 bridgehead atoms. The highest BCUT2D eigenvalue weighted by molar-refractivity contribution is 7.89. The molecule has 19 heavy (non-hydrogen) atoms. The van der Waals surface area contributed by atoms with Gasteiger partial charge in [0.2, 0.25) is 10.0 Å². The van der Waals surface area contributed by atoms with Crippen LogP contribution in [0.1, 0.15) is 10.4 Å². The van der Waals surface area contributed by atoms with Crippen LogP contribution in [0, 0.1) is 6.92 Å². The van der Waals surface area contributed by atoms with Crippen LogP contribution in [0.25, 0.3) is 0 Å². The Morgan fingerprint density at radius 3 is 2.53 bits per heavy atom. The lowest BCUT2D eigenvalue weighted by atomic mass is 10.2. The number of hydrogen-bond acceptors (Lipinski definition) is 3. The molecule has 1 heterocycles. The SMILES string of the molecule is Cc1ccccc1S(=O)(=O)N(C)CCc1cccs1. The summed E-state index contributed by atoms with van der Waals surface area (Å²) >= 11 is 1.65. The summed E-state index contributed by atoms with van der Waals surface area (Å²) in [5, 5.41) is 2.01. The molecule has 0 spiro atoms. The normalized spacial score (nSPS) is 11.9. The number of nitrogens with zero attached hydrogens (tertiary/aromatic N) is 1. The number of thiophene rings is 1. The smallest absolute Gasteiger partial charge is 0.207 e. The highest BCUT2D eigenvalue weighted by Crippen LogP contribution is 2.19. The molecule has 0 aliphatic rings. The van der Waals surface area contributed by atoms with Crippen molar-refractivity contribution in [3.63, 3.8) is 0 Å². The molecule has 0 aliphatic heterocycles. The quantitative estimate of drug-likeness (QED) is 0.850. The van der Waals surface area contributed by atoms with Crippen LogP contribution in [0.4, 0.5) is 0 Å². The van der Waals surface area contributed by atoms with Gasteiger partial charge in [-0.25, -0.2) is 12.7 Å². The maximum absolute atomic E-state index is 12.4. The molecular formula is C14H17NO2S2. The van der Waals surface area contributed by atoms with E-state index in [9.17, 15) is 8.42 Å². The second-order valence-electron chi connectivity index (χ2n) is 4.42. The number of benzene rings is 1. The summed E-state index contributed by atoms with van der Waals surface area (Å²) in [5.74, 6) is 0. The zero-order chi connectivity index (χ0) is 13.9. The molecule has 2 aromatic rings.